The zero-order valence-electron chi connectivity index (χ0n) is 18.5. The molecule has 3 aromatic rings. The Balaban J connectivity index is 1.49. The van der Waals surface area contributed by atoms with Gasteiger partial charge in [-0.1, -0.05) is 6.07 Å². The van der Waals surface area contributed by atoms with Crippen LogP contribution in [0.15, 0.2) is 36.7 Å². The number of carbonyl (C=O) groups excluding carboxylic acids is 1. The highest BCUT2D eigenvalue weighted by Crippen LogP contribution is 2.27. The molecule has 8 heteroatoms. The maximum absolute atomic E-state index is 13.0. The normalized spacial score (nSPS) is 13.7. The van der Waals surface area contributed by atoms with Crippen LogP contribution >= 0.6 is 0 Å². The van der Waals surface area contributed by atoms with E-state index in [2.05, 4.69) is 27.8 Å². The molecule has 32 heavy (non-hydrogen) atoms. The summed E-state index contributed by atoms with van der Waals surface area (Å²) in [6.45, 7) is 3.07. The van der Waals surface area contributed by atoms with Crippen LogP contribution in [0.1, 0.15) is 45.1 Å². The second kappa shape index (κ2) is 8.58. The molecule has 1 aromatic carbocycles. The van der Waals surface area contributed by atoms with Gasteiger partial charge in [-0.05, 0) is 69.5 Å². The maximum atomic E-state index is 13.0. The van der Waals surface area contributed by atoms with Gasteiger partial charge in [-0.2, -0.15) is 13.2 Å². The van der Waals surface area contributed by atoms with Crippen molar-refractivity contribution in [1.82, 2.24) is 19.0 Å². The van der Waals surface area contributed by atoms with E-state index in [1.807, 2.05) is 19.9 Å². The number of nitrogens with zero attached hydrogens (tertiary/aromatic N) is 4. The smallest absolute Gasteiger partial charge is 0.325 e. The number of likely N-dealkylation sites (N-methyl/N-ethyl adjacent to an activating group) is 1. The van der Waals surface area contributed by atoms with E-state index in [1.165, 1.54) is 29.9 Å². The molecule has 0 spiro atoms. The summed E-state index contributed by atoms with van der Waals surface area (Å²) >= 11 is 0. The van der Waals surface area contributed by atoms with Gasteiger partial charge < -0.3 is 9.13 Å². The Kier molecular flexibility index (Phi) is 5.99. The molecule has 0 radical (unpaired) electrons. The molecule has 2 aromatic heterocycles. The molecular formula is C24H27F3N4O. The first-order valence-electron chi connectivity index (χ1n) is 10.7. The molecule has 170 valence electrons. The Hall–Kier alpha value is -2.87. The van der Waals surface area contributed by atoms with Gasteiger partial charge in [-0.3, -0.25) is 9.69 Å². The monoisotopic (exact) mass is 444 g/mol. The van der Waals surface area contributed by atoms with Gasteiger partial charge in [0.2, 0.25) is 0 Å². The number of hydrogen-bond donors (Lipinski definition) is 0. The SMILES string of the molecule is Cc1cc(C(=O)CN(C)Cc2nccn2CC(F)(F)F)c(C)n1-c1ccc2c(c1)CCC2. The molecule has 0 N–H and O–H groups in total. The molecule has 0 unspecified atom stereocenters. The van der Waals surface area contributed by atoms with Crippen LogP contribution in [0.5, 0.6) is 0 Å². The number of hydrogen-bond acceptors (Lipinski definition) is 3. The number of carbonyl (C=O) groups is 1. The summed E-state index contributed by atoms with van der Waals surface area (Å²) in [4.78, 5) is 18.8. The van der Waals surface area contributed by atoms with Crippen molar-refractivity contribution in [2.75, 3.05) is 13.6 Å². The number of alkyl halides is 3. The van der Waals surface area contributed by atoms with Crippen molar-refractivity contribution < 1.29 is 18.0 Å². The summed E-state index contributed by atoms with van der Waals surface area (Å²) in [6, 6.07) is 8.38. The Morgan fingerprint density at radius 1 is 1.16 bits per heavy atom. The number of aryl methyl sites for hydroxylation is 3. The molecule has 0 atom stereocenters. The highest BCUT2D eigenvalue weighted by atomic mass is 19.4. The van der Waals surface area contributed by atoms with Crippen molar-refractivity contribution in [2.24, 2.45) is 0 Å². The van der Waals surface area contributed by atoms with Gasteiger partial charge in [-0.15, -0.1) is 0 Å². The molecule has 0 bridgehead atoms. The summed E-state index contributed by atoms with van der Waals surface area (Å²) in [6.07, 6.45) is 1.72. The first-order chi connectivity index (χ1) is 15.1. The second-order valence-corrected chi connectivity index (χ2v) is 8.61. The number of fused-ring (bicyclic) bond motifs is 1. The number of ketones is 1. The molecule has 0 saturated carbocycles. The van der Waals surface area contributed by atoms with Gasteiger partial charge in [-0.25, -0.2) is 4.98 Å². The van der Waals surface area contributed by atoms with Crippen LogP contribution in [0.25, 0.3) is 5.69 Å². The second-order valence-electron chi connectivity index (χ2n) is 8.61. The van der Waals surface area contributed by atoms with Crippen molar-refractivity contribution in [2.45, 2.75) is 52.4 Å². The van der Waals surface area contributed by atoms with Gasteiger partial charge in [0.1, 0.15) is 12.4 Å². The number of imidazole rings is 1. The van der Waals surface area contributed by atoms with Gasteiger partial charge >= 0.3 is 6.18 Å². The van der Waals surface area contributed by atoms with E-state index in [0.717, 1.165) is 34.5 Å². The number of aromatic nitrogens is 3. The highest BCUT2D eigenvalue weighted by Gasteiger charge is 2.29. The largest absolute Gasteiger partial charge is 0.406 e. The molecule has 1 aliphatic rings. The molecule has 5 nitrogen and oxygen atoms in total. The molecule has 2 heterocycles. The molecule has 1 aliphatic carbocycles. The number of benzene rings is 1. The lowest BCUT2D eigenvalue weighted by Gasteiger charge is -2.17. The van der Waals surface area contributed by atoms with Crippen LogP contribution in [0.4, 0.5) is 13.2 Å². The number of Topliss-reactive ketones (excluding diaryl/α,β-unsaturated/α-hetero) is 1. The van der Waals surface area contributed by atoms with Crippen LogP contribution in [0.2, 0.25) is 0 Å². The third-order valence-electron chi connectivity index (χ3n) is 6.05. The fourth-order valence-corrected chi connectivity index (χ4v) is 4.60. The Morgan fingerprint density at radius 2 is 1.91 bits per heavy atom. The topological polar surface area (TPSA) is 43.1 Å². The van der Waals surface area contributed by atoms with Gasteiger partial charge in [0.15, 0.2) is 5.78 Å². The summed E-state index contributed by atoms with van der Waals surface area (Å²) in [5, 5.41) is 0. The summed E-state index contributed by atoms with van der Waals surface area (Å²) in [5.41, 5.74) is 6.32. The van der Waals surface area contributed by atoms with Crippen LogP contribution < -0.4 is 0 Å². The lowest BCUT2D eigenvalue weighted by atomic mass is 10.1. The first-order valence-corrected chi connectivity index (χ1v) is 10.7. The molecular weight excluding hydrogens is 417 g/mol. The van der Waals surface area contributed by atoms with Crippen LogP contribution in [0, 0.1) is 13.8 Å². The molecule has 0 amide bonds. The predicted octanol–water partition coefficient (Wildman–Crippen LogP) is 4.66. The minimum atomic E-state index is -4.32. The third kappa shape index (κ3) is 4.65. The van der Waals surface area contributed by atoms with Crippen molar-refractivity contribution in [3.63, 3.8) is 0 Å². The predicted molar refractivity (Wildman–Crippen MR) is 116 cm³/mol. The van der Waals surface area contributed by atoms with Gasteiger partial charge in [0.05, 0.1) is 13.1 Å². The molecule has 0 aliphatic heterocycles. The van der Waals surface area contributed by atoms with E-state index >= 15 is 0 Å². The summed E-state index contributed by atoms with van der Waals surface area (Å²) in [7, 11) is 1.71. The highest BCUT2D eigenvalue weighted by molar-refractivity contribution is 5.99. The Bertz CT molecular complexity index is 1140. The van der Waals surface area contributed by atoms with Crippen molar-refractivity contribution in [1.29, 1.82) is 0 Å². The minimum absolute atomic E-state index is 0.0677. The lowest BCUT2D eigenvalue weighted by Crippen LogP contribution is -2.28. The molecule has 0 saturated heterocycles. The molecule has 4 rings (SSSR count). The van der Waals surface area contributed by atoms with Crippen LogP contribution in [-0.4, -0.2) is 44.6 Å². The zero-order valence-corrected chi connectivity index (χ0v) is 18.5. The zero-order chi connectivity index (χ0) is 23.0. The van der Waals surface area contributed by atoms with E-state index in [9.17, 15) is 18.0 Å². The quantitative estimate of drug-likeness (QED) is 0.498. The number of rotatable bonds is 7. The fraction of sp³-hybridized carbons (Fsp3) is 0.417. The summed E-state index contributed by atoms with van der Waals surface area (Å²) in [5.74, 6) is 0.211. The van der Waals surface area contributed by atoms with Gasteiger partial charge in [0, 0.05) is 35.0 Å². The molecule has 0 fully saturated rings. The average molecular weight is 445 g/mol. The van der Waals surface area contributed by atoms with Crippen LogP contribution in [-0.2, 0) is 25.9 Å². The van der Waals surface area contributed by atoms with E-state index in [1.54, 1.807) is 11.9 Å². The fourth-order valence-electron chi connectivity index (χ4n) is 4.60. The lowest BCUT2D eigenvalue weighted by molar-refractivity contribution is -0.141. The van der Waals surface area contributed by atoms with E-state index in [0.29, 0.717) is 5.56 Å². The van der Waals surface area contributed by atoms with E-state index < -0.39 is 12.7 Å². The Morgan fingerprint density at radius 3 is 2.66 bits per heavy atom. The Labute approximate surface area is 185 Å². The van der Waals surface area contributed by atoms with Crippen molar-refractivity contribution >= 4 is 5.78 Å². The van der Waals surface area contributed by atoms with Gasteiger partial charge in [0.25, 0.3) is 0 Å². The minimum Gasteiger partial charge on any atom is -0.325 e. The van der Waals surface area contributed by atoms with E-state index in [4.69, 9.17) is 0 Å². The first kappa shape index (κ1) is 22.3. The third-order valence-corrected chi connectivity index (χ3v) is 6.05. The average Bonchev–Trinajstić information content (AvgIpc) is 3.40. The maximum Gasteiger partial charge on any atom is 0.406 e. The van der Waals surface area contributed by atoms with Crippen molar-refractivity contribution in [3.8, 4) is 5.69 Å². The standard InChI is InChI=1S/C24H27F3N4O/c1-16-11-21(17(2)31(16)20-8-7-18-5-4-6-19(18)12-20)22(32)13-29(3)14-23-28-9-10-30(23)15-24(25,26)27/h7-12H,4-6,13-15H2,1-3H3. The summed E-state index contributed by atoms with van der Waals surface area (Å²) < 4.78 is 41.4. The van der Waals surface area contributed by atoms with E-state index in [-0.39, 0.29) is 24.7 Å². The van der Waals surface area contributed by atoms with Crippen LogP contribution in [0.3, 0.4) is 0 Å². The van der Waals surface area contributed by atoms with Crippen molar-refractivity contribution in [3.05, 3.63) is 70.6 Å². The number of halogens is 3.